The van der Waals surface area contributed by atoms with Crippen molar-refractivity contribution in [1.82, 2.24) is 4.90 Å². The minimum Gasteiger partial charge on any atom is -0.301 e. The maximum atomic E-state index is 2.49. The van der Waals surface area contributed by atoms with Crippen molar-refractivity contribution in [1.29, 1.82) is 0 Å². The number of nitrogens with zero attached hydrogens (tertiary/aromatic N) is 1. The molecule has 0 aromatic carbocycles. The smallest absolute Gasteiger partial charge is 0.0183 e. The van der Waals surface area contributed by atoms with Crippen LogP contribution in [0.5, 0.6) is 0 Å². The van der Waals surface area contributed by atoms with E-state index in [1.54, 1.807) is 0 Å². The molecule has 1 aliphatic rings. The minimum absolute atomic E-state index is 0.387. The predicted molar refractivity (Wildman–Crippen MR) is 54.3 cm³/mol. The van der Waals surface area contributed by atoms with Gasteiger partial charge in [-0.25, -0.2) is 0 Å². The molecule has 1 fully saturated rings. The first-order chi connectivity index (χ1) is 5.26. The van der Waals surface area contributed by atoms with E-state index in [4.69, 9.17) is 0 Å². The molecule has 0 amide bonds. The molecule has 1 atom stereocenters. The molecule has 12 heavy (non-hydrogen) atoms. The SMILES string of the molecule is CN1CCC(C(C)(C)C)C1(C)C. The summed E-state index contributed by atoms with van der Waals surface area (Å²) in [7, 11) is 2.24. The van der Waals surface area contributed by atoms with Gasteiger partial charge in [0, 0.05) is 5.54 Å². The number of hydrogen-bond donors (Lipinski definition) is 0. The number of likely N-dealkylation sites (tertiary alicyclic amines) is 1. The second-order valence-corrected chi connectivity index (χ2v) is 5.78. The van der Waals surface area contributed by atoms with E-state index in [9.17, 15) is 0 Å². The fourth-order valence-corrected chi connectivity index (χ4v) is 2.72. The quantitative estimate of drug-likeness (QED) is 0.539. The zero-order chi connectivity index (χ0) is 9.57. The molecular formula is C11H23N. The molecule has 1 nitrogen and oxygen atoms in total. The van der Waals surface area contributed by atoms with E-state index in [2.05, 4.69) is 46.6 Å². The van der Waals surface area contributed by atoms with E-state index in [0.29, 0.717) is 11.0 Å². The van der Waals surface area contributed by atoms with Gasteiger partial charge in [-0.2, -0.15) is 0 Å². The maximum Gasteiger partial charge on any atom is 0.0183 e. The van der Waals surface area contributed by atoms with Crippen LogP contribution >= 0.6 is 0 Å². The fraction of sp³-hybridized carbons (Fsp3) is 1.00. The van der Waals surface area contributed by atoms with Gasteiger partial charge >= 0.3 is 0 Å². The molecule has 1 heterocycles. The molecule has 0 radical (unpaired) electrons. The lowest BCUT2D eigenvalue weighted by atomic mass is 9.71. The number of rotatable bonds is 0. The van der Waals surface area contributed by atoms with Crippen molar-refractivity contribution >= 4 is 0 Å². The summed E-state index contributed by atoms with van der Waals surface area (Å²) >= 11 is 0. The van der Waals surface area contributed by atoms with E-state index in [1.807, 2.05) is 0 Å². The molecule has 0 aromatic rings. The van der Waals surface area contributed by atoms with Gasteiger partial charge in [0.1, 0.15) is 0 Å². The average molecular weight is 169 g/mol. The average Bonchev–Trinajstić information content (AvgIpc) is 2.06. The molecule has 72 valence electrons. The van der Waals surface area contributed by atoms with E-state index < -0.39 is 0 Å². The molecule has 1 aliphatic heterocycles. The highest BCUT2D eigenvalue weighted by atomic mass is 15.2. The highest BCUT2D eigenvalue weighted by molar-refractivity contribution is 4.98. The molecule has 0 aliphatic carbocycles. The Hall–Kier alpha value is -0.0400. The van der Waals surface area contributed by atoms with Crippen LogP contribution in [0.25, 0.3) is 0 Å². The van der Waals surface area contributed by atoms with Gasteiger partial charge in [0.2, 0.25) is 0 Å². The second kappa shape index (κ2) is 2.73. The van der Waals surface area contributed by atoms with Gasteiger partial charge in [0.15, 0.2) is 0 Å². The van der Waals surface area contributed by atoms with Crippen LogP contribution in [0.4, 0.5) is 0 Å². The second-order valence-electron chi connectivity index (χ2n) is 5.78. The molecule has 1 saturated heterocycles. The Morgan fingerprint density at radius 2 is 1.75 bits per heavy atom. The summed E-state index contributed by atoms with van der Waals surface area (Å²) in [5.41, 5.74) is 0.840. The van der Waals surface area contributed by atoms with E-state index in [-0.39, 0.29) is 0 Å². The summed E-state index contributed by atoms with van der Waals surface area (Å²) in [6.07, 6.45) is 1.35. The molecule has 0 spiro atoms. The Kier molecular flexibility index (Phi) is 2.28. The van der Waals surface area contributed by atoms with Crippen LogP contribution in [-0.2, 0) is 0 Å². The molecule has 0 bridgehead atoms. The summed E-state index contributed by atoms with van der Waals surface area (Å²) in [5.74, 6) is 0.829. The van der Waals surface area contributed by atoms with Gasteiger partial charge in [0.25, 0.3) is 0 Å². The van der Waals surface area contributed by atoms with E-state index >= 15 is 0 Å². The van der Waals surface area contributed by atoms with Gasteiger partial charge in [-0.15, -0.1) is 0 Å². The van der Waals surface area contributed by atoms with Crippen LogP contribution in [0.3, 0.4) is 0 Å². The minimum atomic E-state index is 0.387. The molecule has 0 N–H and O–H groups in total. The van der Waals surface area contributed by atoms with Gasteiger partial charge < -0.3 is 4.90 Å². The first-order valence-electron chi connectivity index (χ1n) is 4.97. The third-order valence-corrected chi connectivity index (χ3v) is 3.64. The van der Waals surface area contributed by atoms with Gasteiger partial charge in [0.05, 0.1) is 0 Å². The highest BCUT2D eigenvalue weighted by Gasteiger charge is 2.44. The third kappa shape index (κ3) is 1.52. The standard InChI is InChI=1S/C11H23N/c1-10(2,3)9-7-8-12(6)11(9,4)5/h9H,7-8H2,1-6H3. The van der Waals surface area contributed by atoms with Crippen molar-refractivity contribution in [3.8, 4) is 0 Å². The van der Waals surface area contributed by atoms with E-state index in [1.165, 1.54) is 13.0 Å². The van der Waals surface area contributed by atoms with Crippen molar-refractivity contribution in [2.45, 2.75) is 46.6 Å². The van der Waals surface area contributed by atoms with Crippen molar-refractivity contribution in [2.75, 3.05) is 13.6 Å². The van der Waals surface area contributed by atoms with Crippen molar-refractivity contribution in [2.24, 2.45) is 11.3 Å². The van der Waals surface area contributed by atoms with Crippen LogP contribution in [0.15, 0.2) is 0 Å². The molecule has 1 heteroatoms. The van der Waals surface area contributed by atoms with Gasteiger partial charge in [-0.3, -0.25) is 0 Å². The molecule has 1 rings (SSSR count). The Balaban J connectivity index is 2.82. The first-order valence-corrected chi connectivity index (χ1v) is 4.97. The summed E-state index contributed by atoms with van der Waals surface area (Å²) in [6, 6.07) is 0. The van der Waals surface area contributed by atoms with Crippen LogP contribution in [0.2, 0.25) is 0 Å². The lowest BCUT2D eigenvalue weighted by Crippen LogP contribution is -2.44. The van der Waals surface area contributed by atoms with E-state index in [0.717, 1.165) is 5.92 Å². The summed E-state index contributed by atoms with van der Waals surface area (Å²) < 4.78 is 0. The zero-order valence-electron chi connectivity index (χ0n) is 9.44. The fourth-order valence-electron chi connectivity index (χ4n) is 2.72. The van der Waals surface area contributed by atoms with Crippen LogP contribution in [0.1, 0.15) is 41.0 Å². The summed E-state index contributed by atoms with van der Waals surface area (Å²) in [4.78, 5) is 2.49. The number of hydrogen-bond acceptors (Lipinski definition) is 1. The third-order valence-electron chi connectivity index (χ3n) is 3.64. The summed E-state index contributed by atoms with van der Waals surface area (Å²) in [6.45, 7) is 13.1. The lowest BCUT2D eigenvalue weighted by molar-refractivity contribution is 0.0979. The predicted octanol–water partition coefficient (Wildman–Crippen LogP) is 2.76. The highest BCUT2D eigenvalue weighted by Crippen LogP contribution is 2.44. The van der Waals surface area contributed by atoms with Gasteiger partial charge in [-0.05, 0) is 45.2 Å². The molecule has 1 unspecified atom stereocenters. The first kappa shape index (κ1) is 10.0. The lowest BCUT2D eigenvalue weighted by Gasteiger charge is -2.40. The molecular weight excluding hydrogens is 146 g/mol. The van der Waals surface area contributed by atoms with Gasteiger partial charge in [-0.1, -0.05) is 20.8 Å². The van der Waals surface area contributed by atoms with Crippen molar-refractivity contribution in [3.05, 3.63) is 0 Å². The topological polar surface area (TPSA) is 3.24 Å². The Bertz CT molecular complexity index is 164. The Morgan fingerprint density at radius 3 is 1.92 bits per heavy atom. The molecule has 0 saturated carbocycles. The zero-order valence-corrected chi connectivity index (χ0v) is 9.44. The maximum absolute atomic E-state index is 2.49. The summed E-state index contributed by atoms with van der Waals surface area (Å²) in [5, 5.41) is 0. The normalized spacial score (nSPS) is 31.0. The largest absolute Gasteiger partial charge is 0.301 e. The Labute approximate surface area is 77.1 Å². The van der Waals surface area contributed by atoms with Crippen LogP contribution < -0.4 is 0 Å². The van der Waals surface area contributed by atoms with Crippen molar-refractivity contribution < 1.29 is 0 Å². The molecule has 0 aromatic heterocycles. The van der Waals surface area contributed by atoms with Crippen molar-refractivity contribution in [3.63, 3.8) is 0 Å². The van der Waals surface area contributed by atoms with Crippen LogP contribution in [-0.4, -0.2) is 24.0 Å². The Morgan fingerprint density at radius 1 is 1.25 bits per heavy atom. The van der Waals surface area contributed by atoms with Crippen LogP contribution in [0, 0.1) is 11.3 Å². The monoisotopic (exact) mass is 169 g/mol.